The Labute approximate surface area is 264 Å². The summed E-state index contributed by atoms with van der Waals surface area (Å²) in [6, 6.07) is 13.9. The standard InChI is InChI=1S/C12H15I3.C12H12I2O4/c1-7(13)10-4-11(8(2)14)6-12(5-10)9(3)15;1-7(13)12(17)18-9-4-2-8(3-5-9)6-10(14)11(15)16/h4-9H,1-3H3;2-5,7,10H,6H2,1H3,(H,15,16). The molecule has 1 N–H and O–H groups in total. The molecule has 2 aromatic rings. The molecule has 0 aliphatic heterocycles. The summed E-state index contributed by atoms with van der Waals surface area (Å²) >= 11 is 11.3. The van der Waals surface area contributed by atoms with Crippen LogP contribution in [-0.2, 0) is 16.0 Å². The number of hydrogen-bond acceptors (Lipinski definition) is 3. The number of ether oxygens (including phenoxy) is 1. The second-order valence-electron chi connectivity index (χ2n) is 7.47. The Morgan fingerprint density at radius 1 is 0.788 bits per heavy atom. The first kappa shape index (κ1) is 32.1. The molecule has 2 aromatic carbocycles. The topological polar surface area (TPSA) is 63.6 Å². The molecule has 0 bridgehead atoms. The van der Waals surface area contributed by atoms with Gasteiger partial charge >= 0.3 is 11.9 Å². The molecular weight excluding hydrogens is 987 g/mol. The second kappa shape index (κ2) is 16.0. The van der Waals surface area contributed by atoms with E-state index in [0.29, 0.717) is 23.9 Å². The van der Waals surface area contributed by atoms with Gasteiger partial charge in [0, 0.05) is 11.8 Å². The first-order chi connectivity index (χ1) is 15.3. The van der Waals surface area contributed by atoms with Crippen LogP contribution in [0.15, 0.2) is 42.5 Å². The Kier molecular flexibility index (Phi) is 15.5. The summed E-state index contributed by atoms with van der Waals surface area (Å²) < 4.78 is 6.23. The first-order valence-corrected chi connectivity index (χ1v) is 16.4. The fourth-order valence-electron chi connectivity index (χ4n) is 2.58. The fourth-order valence-corrected chi connectivity index (χ4v) is 4.29. The lowest BCUT2D eigenvalue weighted by atomic mass is 10.0. The van der Waals surface area contributed by atoms with Gasteiger partial charge in [0.15, 0.2) is 0 Å². The summed E-state index contributed by atoms with van der Waals surface area (Å²) in [5.41, 5.74) is 5.26. The van der Waals surface area contributed by atoms with Crippen molar-refractivity contribution in [1.29, 1.82) is 0 Å². The molecule has 182 valence electrons. The molecular formula is C24H27I5O4. The maximum atomic E-state index is 11.4. The summed E-state index contributed by atoms with van der Waals surface area (Å²) in [6.07, 6.45) is 0.451. The van der Waals surface area contributed by atoms with Gasteiger partial charge < -0.3 is 9.84 Å². The molecule has 0 fully saturated rings. The van der Waals surface area contributed by atoms with E-state index in [0.717, 1.165) is 5.56 Å². The number of carboxylic acids is 1. The lowest BCUT2D eigenvalue weighted by Crippen LogP contribution is -2.17. The smallest absolute Gasteiger partial charge is 0.323 e. The Morgan fingerprint density at radius 3 is 1.48 bits per heavy atom. The number of carbonyl (C=O) groups is 2. The van der Waals surface area contributed by atoms with Crippen LogP contribution in [0.4, 0.5) is 0 Å². The molecule has 2 rings (SSSR count). The number of esters is 1. The van der Waals surface area contributed by atoms with Crippen molar-refractivity contribution >= 4 is 125 Å². The number of carbonyl (C=O) groups excluding carboxylic acids is 1. The van der Waals surface area contributed by atoms with Crippen molar-refractivity contribution in [2.24, 2.45) is 0 Å². The summed E-state index contributed by atoms with van der Waals surface area (Å²) in [6.45, 7) is 8.50. The number of benzene rings is 2. The van der Waals surface area contributed by atoms with Crippen LogP contribution in [-0.4, -0.2) is 24.9 Å². The lowest BCUT2D eigenvalue weighted by molar-refractivity contribution is -0.136. The Bertz CT molecular complexity index is 847. The fraction of sp³-hybridized carbons (Fsp3) is 0.417. The van der Waals surface area contributed by atoms with Gasteiger partial charge in [-0.15, -0.1) is 0 Å². The van der Waals surface area contributed by atoms with Gasteiger partial charge in [-0.3, -0.25) is 9.59 Å². The number of halogens is 5. The van der Waals surface area contributed by atoms with Crippen molar-refractivity contribution in [2.45, 2.75) is 53.7 Å². The van der Waals surface area contributed by atoms with E-state index in [2.05, 4.69) is 107 Å². The molecule has 4 nitrogen and oxygen atoms in total. The largest absolute Gasteiger partial charge is 0.480 e. The van der Waals surface area contributed by atoms with Crippen LogP contribution in [0, 0.1) is 0 Å². The highest BCUT2D eigenvalue weighted by Gasteiger charge is 2.15. The van der Waals surface area contributed by atoms with Crippen molar-refractivity contribution in [3.8, 4) is 5.75 Å². The molecule has 0 aliphatic rings. The van der Waals surface area contributed by atoms with E-state index in [-0.39, 0.29) is 9.89 Å². The molecule has 5 atom stereocenters. The molecule has 5 unspecified atom stereocenters. The monoisotopic (exact) mass is 1010 g/mol. The van der Waals surface area contributed by atoms with Crippen LogP contribution in [0.3, 0.4) is 0 Å². The minimum absolute atomic E-state index is 0.201. The van der Waals surface area contributed by atoms with Gasteiger partial charge in [0.05, 0.1) is 0 Å². The highest BCUT2D eigenvalue weighted by atomic mass is 127. The number of hydrogen-bond donors (Lipinski definition) is 1. The van der Waals surface area contributed by atoms with Crippen LogP contribution in [0.2, 0.25) is 0 Å². The van der Waals surface area contributed by atoms with E-state index in [9.17, 15) is 9.59 Å². The van der Waals surface area contributed by atoms with Gasteiger partial charge in [0.25, 0.3) is 0 Å². The van der Waals surface area contributed by atoms with E-state index in [1.54, 1.807) is 31.2 Å². The van der Waals surface area contributed by atoms with Crippen LogP contribution in [0.1, 0.15) is 61.7 Å². The van der Waals surface area contributed by atoms with E-state index in [4.69, 9.17) is 9.84 Å². The average Bonchev–Trinajstić information content (AvgIpc) is 2.74. The van der Waals surface area contributed by atoms with Crippen LogP contribution in [0.5, 0.6) is 5.75 Å². The van der Waals surface area contributed by atoms with Crippen molar-refractivity contribution in [2.75, 3.05) is 0 Å². The molecule has 0 aliphatic carbocycles. The SMILES string of the molecule is CC(I)C(=O)Oc1ccc(CC(I)C(=O)O)cc1.CC(I)c1cc(C(C)I)cc(C(C)I)c1. The van der Waals surface area contributed by atoms with E-state index in [1.165, 1.54) is 16.7 Å². The van der Waals surface area contributed by atoms with Crippen molar-refractivity contribution < 1.29 is 19.4 Å². The predicted molar refractivity (Wildman–Crippen MR) is 178 cm³/mol. The van der Waals surface area contributed by atoms with Crippen LogP contribution in [0.25, 0.3) is 0 Å². The maximum absolute atomic E-state index is 11.4. The molecule has 0 amide bonds. The molecule has 0 spiro atoms. The summed E-state index contributed by atoms with van der Waals surface area (Å²) in [5, 5.41) is 8.80. The minimum atomic E-state index is -0.829. The number of carboxylic acid groups (broad SMARTS) is 1. The van der Waals surface area contributed by atoms with Gasteiger partial charge in [-0.05, 0) is 68.5 Å². The molecule has 0 saturated heterocycles. The van der Waals surface area contributed by atoms with E-state index >= 15 is 0 Å². The lowest BCUT2D eigenvalue weighted by Gasteiger charge is -2.14. The quantitative estimate of drug-likeness (QED) is 0.124. The zero-order valence-electron chi connectivity index (χ0n) is 18.7. The Hall–Kier alpha value is 1.03. The van der Waals surface area contributed by atoms with Gasteiger partial charge in [0.1, 0.15) is 13.6 Å². The zero-order chi connectivity index (χ0) is 25.3. The van der Waals surface area contributed by atoms with Crippen molar-refractivity contribution in [3.63, 3.8) is 0 Å². The van der Waals surface area contributed by atoms with Crippen LogP contribution >= 0.6 is 113 Å². The molecule has 0 heterocycles. The summed E-state index contributed by atoms with van der Waals surface area (Å²) in [7, 11) is 0. The number of rotatable bonds is 8. The van der Waals surface area contributed by atoms with Gasteiger partial charge in [-0.2, -0.15) is 0 Å². The molecule has 0 aromatic heterocycles. The number of aliphatic carboxylic acids is 1. The third-order valence-electron chi connectivity index (χ3n) is 4.53. The van der Waals surface area contributed by atoms with Gasteiger partial charge in [0.2, 0.25) is 0 Å². The Morgan fingerprint density at radius 2 is 1.18 bits per heavy atom. The van der Waals surface area contributed by atoms with Crippen molar-refractivity contribution in [1.82, 2.24) is 0 Å². The van der Waals surface area contributed by atoms with E-state index in [1.807, 2.05) is 45.2 Å². The number of alkyl halides is 5. The third kappa shape index (κ3) is 12.2. The third-order valence-corrected chi connectivity index (χ3v) is 8.17. The summed E-state index contributed by atoms with van der Waals surface area (Å²) in [4.78, 5) is 22.1. The highest BCUT2D eigenvalue weighted by molar-refractivity contribution is 14.1. The molecule has 0 saturated carbocycles. The highest BCUT2D eigenvalue weighted by Crippen LogP contribution is 2.33. The van der Waals surface area contributed by atoms with Gasteiger partial charge in [-0.25, -0.2) is 0 Å². The molecule has 33 heavy (non-hydrogen) atoms. The zero-order valence-corrected chi connectivity index (χ0v) is 29.5. The normalized spacial score (nSPS) is 15.3. The van der Waals surface area contributed by atoms with Crippen molar-refractivity contribution in [3.05, 3.63) is 64.7 Å². The molecule has 0 radical (unpaired) electrons. The Balaban J connectivity index is 0.000000335. The van der Waals surface area contributed by atoms with Crippen LogP contribution < -0.4 is 4.74 Å². The predicted octanol–water partition coefficient (Wildman–Crippen LogP) is 9.02. The maximum Gasteiger partial charge on any atom is 0.323 e. The average molecular weight is 1010 g/mol. The first-order valence-electron chi connectivity index (χ1n) is 10.2. The summed E-state index contributed by atoms with van der Waals surface area (Å²) in [5.74, 6) is -0.641. The second-order valence-corrected chi connectivity index (χ2v) is 16.4. The minimum Gasteiger partial charge on any atom is -0.480 e. The van der Waals surface area contributed by atoms with Gasteiger partial charge in [-0.1, -0.05) is 143 Å². The molecule has 9 heteroatoms. The van der Waals surface area contributed by atoms with E-state index < -0.39 is 9.89 Å².